The van der Waals surface area contributed by atoms with Crippen molar-refractivity contribution in [3.8, 4) is 0 Å². The fraction of sp³-hybridized carbons (Fsp3) is 0.571. The minimum atomic E-state index is -3.27. The van der Waals surface area contributed by atoms with Gasteiger partial charge >= 0.3 is 5.97 Å². The van der Waals surface area contributed by atoms with E-state index in [2.05, 4.69) is 20.8 Å². The first-order chi connectivity index (χ1) is 19.7. The molecule has 0 spiro atoms. The Bertz CT molecular complexity index is 1420. The quantitative estimate of drug-likeness (QED) is 0.241. The number of carbonyl (C=O) groups excluding carboxylic acids is 3. The molecular formula is C28H35F2N7O4. The van der Waals surface area contributed by atoms with Gasteiger partial charge < -0.3 is 15.4 Å². The fourth-order valence-electron chi connectivity index (χ4n) is 6.10. The van der Waals surface area contributed by atoms with Crippen LogP contribution in [0.5, 0.6) is 0 Å². The monoisotopic (exact) mass is 571 g/mol. The van der Waals surface area contributed by atoms with Crippen LogP contribution < -0.4 is 10.6 Å². The van der Waals surface area contributed by atoms with Gasteiger partial charge in [0, 0.05) is 25.6 Å². The van der Waals surface area contributed by atoms with E-state index in [1.54, 1.807) is 35.3 Å². The number of carbonyl (C=O) groups is 3. The molecule has 11 nitrogen and oxygen atoms in total. The lowest BCUT2D eigenvalue weighted by Crippen LogP contribution is -2.59. The Kier molecular flexibility index (Phi) is 8.05. The second-order valence-corrected chi connectivity index (χ2v) is 11.0. The molecule has 0 aromatic carbocycles. The molecule has 2 fully saturated rings. The zero-order valence-electron chi connectivity index (χ0n) is 23.2. The molecule has 1 aliphatic carbocycles. The molecule has 2 unspecified atom stereocenters. The summed E-state index contributed by atoms with van der Waals surface area (Å²) >= 11 is 0. The zero-order chi connectivity index (χ0) is 29.2. The van der Waals surface area contributed by atoms with Crippen molar-refractivity contribution in [2.75, 3.05) is 13.7 Å². The number of ether oxygens (including phenoxy) is 1. The third-order valence-corrected chi connectivity index (χ3v) is 8.18. The van der Waals surface area contributed by atoms with Crippen molar-refractivity contribution < 1.29 is 27.9 Å². The van der Waals surface area contributed by atoms with Gasteiger partial charge in [0.25, 0.3) is 11.8 Å². The lowest BCUT2D eigenvalue weighted by atomic mass is 9.74. The molecule has 2 N–H and O–H groups in total. The number of amides is 2. The Labute approximate surface area is 236 Å². The predicted octanol–water partition coefficient (Wildman–Crippen LogP) is 3.24. The third kappa shape index (κ3) is 5.80. The first-order valence-corrected chi connectivity index (χ1v) is 14.1. The summed E-state index contributed by atoms with van der Waals surface area (Å²) < 4.78 is 36.7. The summed E-state index contributed by atoms with van der Waals surface area (Å²) in [6.45, 7) is 1.64. The van der Waals surface area contributed by atoms with Gasteiger partial charge in [0.1, 0.15) is 5.69 Å². The molecule has 3 aromatic rings. The predicted molar refractivity (Wildman–Crippen MR) is 143 cm³/mol. The van der Waals surface area contributed by atoms with E-state index < -0.39 is 36.2 Å². The molecule has 1 saturated carbocycles. The van der Waals surface area contributed by atoms with Gasteiger partial charge in [0.2, 0.25) is 5.91 Å². The van der Waals surface area contributed by atoms with Gasteiger partial charge in [-0.05, 0) is 43.9 Å². The molecule has 5 rings (SSSR count). The number of methoxy groups -OCH3 is 1. The van der Waals surface area contributed by atoms with Crippen molar-refractivity contribution in [2.45, 2.75) is 76.8 Å². The molecule has 4 heterocycles. The maximum Gasteiger partial charge on any atom is 0.322 e. The topological polar surface area (TPSA) is 133 Å². The summed E-state index contributed by atoms with van der Waals surface area (Å²) in [4.78, 5) is 43.6. The van der Waals surface area contributed by atoms with Crippen molar-refractivity contribution in [3.63, 3.8) is 0 Å². The summed E-state index contributed by atoms with van der Waals surface area (Å²) in [5.41, 5.74) is -0.282. The Morgan fingerprint density at radius 1 is 1.20 bits per heavy atom. The summed E-state index contributed by atoms with van der Waals surface area (Å²) in [5, 5.41) is 14.1. The van der Waals surface area contributed by atoms with Crippen molar-refractivity contribution in [1.29, 1.82) is 0 Å². The van der Waals surface area contributed by atoms with Crippen LogP contribution in [0.25, 0.3) is 5.65 Å². The number of aromatic nitrogens is 5. The number of nitrogens with zero attached hydrogens (tertiary/aromatic N) is 5. The Hall–Kier alpha value is -3.90. The summed E-state index contributed by atoms with van der Waals surface area (Å²) in [6.07, 6.45) is 8.25. The average Bonchev–Trinajstić information content (AvgIpc) is 3.52. The number of piperidine rings is 1. The second-order valence-electron chi connectivity index (χ2n) is 11.0. The molecule has 2 amide bonds. The van der Waals surface area contributed by atoms with E-state index in [4.69, 9.17) is 9.72 Å². The van der Waals surface area contributed by atoms with Gasteiger partial charge in [-0.15, -0.1) is 0 Å². The Morgan fingerprint density at radius 2 is 1.95 bits per heavy atom. The summed E-state index contributed by atoms with van der Waals surface area (Å²) in [5.74, 6) is -5.20. The standard InChI is InChI=1S/C28H35F2N7O4/c1-3-36-21(12-13-32-36)24(38)34-23(18-8-6-4-5-7-9-18)20-15-37-22(33-20)11-10-19(35-37)14-27(26(40)41-2)16-28(29,30)17-31-25(27)39/h10-13,15,18,23H,3-9,14,16-17H2,1-2H3,(H,31,39)(H,34,38). The van der Waals surface area contributed by atoms with Gasteiger partial charge in [-0.2, -0.15) is 10.2 Å². The number of hydrogen-bond acceptors (Lipinski definition) is 7. The van der Waals surface area contributed by atoms with E-state index in [0.717, 1.165) is 45.6 Å². The van der Waals surface area contributed by atoms with Crippen LogP contribution in [0.4, 0.5) is 8.78 Å². The molecule has 41 heavy (non-hydrogen) atoms. The number of aryl methyl sites for hydroxylation is 1. The normalized spacial score (nSPS) is 22.1. The van der Waals surface area contributed by atoms with E-state index in [0.29, 0.717) is 23.6 Å². The highest BCUT2D eigenvalue weighted by Crippen LogP contribution is 2.40. The van der Waals surface area contributed by atoms with E-state index in [1.165, 1.54) is 4.52 Å². The van der Waals surface area contributed by atoms with Crippen LogP contribution in [0.2, 0.25) is 0 Å². The molecule has 2 aliphatic rings. The Balaban J connectivity index is 1.47. The van der Waals surface area contributed by atoms with E-state index in [9.17, 15) is 23.2 Å². The van der Waals surface area contributed by atoms with E-state index in [1.807, 2.05) is 6.92 Å². The van der Waals surface area contributed by atoms with E-state index >= 15 is 0 Å². The van der Waals surface area contributed by atoms with Crippen LogP contribution >= 0.6 is 0 Å². The molecule has 0 bridgehead atoms. The number of rotatable bonds is 8. The average molecular weight is 572 g/mol. The third-order valence-electron chi connectivity index (χ3n) is 8.18. The number of nitrogens with one attached hydrogen (secondary N) is 2. The smallest absolute Gasteiger partial charge is 0.322 e. The number of fused-ring (bicyclic) bond motifs is 1. The number of alkyl halides is 2. The van der Waals surface area contributed by atoms with Gasteiger partial charge in [0.05, 0.1) is 37.3 Å². The zero-order valence-corrected chi connectivity index (χ0v) is 23.2. The molecule has 1 saturated heterocycles. The molecule has 1 aliphatic heterocycles. The van der Waals surface area contributed by atoms with Crippen LogP contribution in [-0.2, 0) is 27.3 Å². The lowest BCUT2D eigenvalue weighted by molar-refractivity contribution is -0.172. The molecule has 3 aromatic heterocycles. The summed E-state index contributed by atoms with van der Waals surface area (Å²) in [6, 6.07) is 4.53. The maximum absolute atomic E-state index is 14.4. The number of hydrogen-bond donors (Lipinski definition) is 2. The number of imidazole rings is 1. The van der Waals surface area contributed by atoms with Crippen molar-refractivity contribution in [3.05, 3.63) is 47.7 Å². The molecule has 0 radical (unpaired) electrons. The van der Waals surface area contributed by atoms with Gasteiger partial charge in [-0.25, -0.2) is 18.3 Å². The van der Waals surface area contributed by atoms with Crippen LogP contribution in [0.15, 0.2) is 30.6 Å². The van der Waals surface area contributed by atoms with Gasteiger partial charge in [0.15, 0.2) is 11.1 Å². The van der Waals surface area contributed by atoms with Gasteiger partial charge in [-0.3, -0.25) is 19.1 Å². The first kappa shape index (κ1) is 28.6. The lowest BCUT2D eigenvalue weighted by Gasteiger charge is -2.37. The Morgan fingerprint density at radius 3 is 2.66 bits per heavy atom. The van der Waals surface area contributed by atoms with Crippen LogP contribution in [0.3, 0.4) is 0 Å². The van der Waals surface area contributed by atoms with Crippen molar-refractivity contribution in [2.24, 2.45) is 11.3 Å². The summed E-state index contributed by atoms with van der Waals surface area (Å²) in [7, 11) is 1.07. The maximum atomic E-state index is 14.4. The molecule has 2 atom stereocenters. The van der Waals surface area contributed by atoms with Crippen LogP contribution in [-0.4, -0.2) is 61.7 Å². The highest BCUT2D eigenvalue weighted by atomic mass is 19.3. The second kappa shape index (κ2) is 11.5. The van der Waals surface area contributed by atoms with Crippen molar-refractivity contribution >= 4 is 23.4 Å². The molecular weight excluding hydrogens is 536 g/mol. The minimum Gasteiger partial charge on any atom is -0.468 e. The van der Waals surface area contributed by atoms with Crippen molar-refractivity contribution in [1.82, 2.24) is 35.0 Å². The minimum absolute atomic E-state index is 0.166. The largest absolute Gasteiger partial charge is 0.468 e. The molecule has 13 heteroatoms. The molecule has 220 valence electrons. The number of halogens is 2. The highest BCUT2D eigenvalue weighted by Gasteiger charge is 2.57. The number of esters is 1. The fourth-order valence-corrected chi connectivity index (χ4v) is 6.10. The van der Waals surface area contributed by atoms with Gasteiger partial charge in [-0.1, -0.05) is 25.7 Å². The van der Waals surface area contributed by atoms with Crippen LogP contribution in [0.1, 0.15) is 79.8 Å². The van der Waals surface area contributed by atoms with E-state index in [-0.39, 0.29) is 30.0 Å². The first-order valence-electron chi connectivity index (χ1n) is 14.1. The SMILES string of the molecule is CCn1nccc1C(=O)NC(c1cn2nc(CC3(C(=O)OC)CC(F)(F)CNC3=O)ccc2n1)C1CCCCCC1. The highest BCUT2D eigenvalue weighted by molar-refractivity contribution is 6.03. The van der Waals surface area contributed by atoms with Crippen LogP contribution in [0, 0.1) is 11.3 Å².